The fourth-order valence-electron chi connectivity index (χ4n) is 3.51. The summed E-state index contributed by atoms with van der Waals surface area (Å²) in [5.41, 5.74) is -0.141. The van der Waals surface area contributed by atoms with Crippen molar-refractivity contribution < 1.29 is 27.4 Å². The van der Waals surface area contributed by atoms with E-state index in [4.69, 9.17) is 9.47 Å². The summed E-state index contributed by atoms with van der Waals surface area (Å²) in [4.78, 5) is 20.0. The van der Waals surface area contributed by atoms with E-state index in [1.807, 2.05) is 6.92 Å². The molecule has 0 unspecified atom stereocenters. The van der Waals surface area contributed by atoms with Gasteiger partial charge in [-0.1, -0.05) is 18.7 Å². The first kappa shape index (κ1) is 17.2. The zero-order valence-electron chi connectivity index (χ0n) is 13.5. The Morgan fingerprint density at radius 3 is 2.80 bits per heavy atom. The molecule has 3 heterocycles. The Morgan fingerprint density at radius 2 is 2.04 bits per heavy atom. The molecular weight excluding hydrogens is 357 g/mol. The molecule has 2 bridgehead atoms. The van der Waals surface area contributed by atoms with Crippen molar-refractivity contribution in [2.75, 3.05) is 6.61 Å². The van der Waals surface area contributed by atoms with Gasteiger partial charge in [-0.2, -0.15) is 13.2 Å². The van der Waals surface area contributed by atoms with E-state index in [1.54, 1.807) is 0 Å². The Labute approximate surface area is 146 Å². The molecule has 2 fully saturated rings. The molecule has 0 N–H and O–H groups in total. The van der Waals surface area contributed by atoms with Crippen LogP contribution in [0.25, 0.3) is 0 Å². The molecule has 4 atom stereocenters. The van der Waals surface area contributed by atoms with Gasteiger partial charge >= 0.3 is 6.18 Å². The lowest BCUT2D eigenvalue weighted by atomic mass is 9.87. The molecule has 0 spiro atoms. The van der Waals surface area contributed by atoms with Gasteiger partial charge < -0.3 is 9.47 Å². The Hall–Kier alpha value is -1.19. The minimum atomic E-state index is -4.51. The van der Waals surface area contributed by atoms with Crippen molar-refractivity contribution in [2.24, 2.45) is 5.92 Å². The molecule has 2 saturated heterocycles. The number of halogens is 3. The van der Waals surface area contributed by atoms with Crippen molar-refractivity contribution in [3.05, 3.63) is 17.0 Å². The highest BCUT2D eigenvalue weighted by Gasteiger charge is 2.45. The number of aryl methyl sites for hydroxylation is 1. The second-order valence-electron chi connectivity index (χ2n) is 6.79. The van der Waals surface area contributed by atoms with E-state index in [0.29, 0.717) is 18.5 Å². The summed E-state index contributed by atoms with van der Waals surface area (Å²) in [5, 5.41) is -0.264. The molecule has 25 heavy (non-hydrogen) atoms. The first-order valence-electron chi connectivity index (χ1n) is 8.24. The van der Waals surface area contributed by atoms with Gasteiger partial charge in [0.1, 0.15) is 0 Å². The number of hydrogen-bond donors (Lipinski definition) is 0. The van der Waals surface area contributed by atoms with E-state index in [0.717, 1.165) is 18.2 Å². The molecule has 1 aromatic rings. The first-order chi connectivity index (χ1) is 11.8. The van der Waals surface area contributed by atoms with Gasteiger partial charge in [0.05, 0.1) is 12.7 Å². The van der Waals surface area contributed by atoms with Crippen LogP contribution in [0.1, 0.15) is 36.7 Å². The van der Waals surface area contributed by atoms with E-state index in [1.165, 1.54) is 0 Å². The van der Waals surface area contributed by atoms with Gasteiger partial charge in [0.15, 0.2) is 16.6 Å². The largest absolute Gasteiger partial charge is 0.433 e. The predicted molar refractivity (Wildman–Crippen MR) is 82.1 cm³/mol. The fraction of sp³-hybridized carbons (Fsp3) is 0.688. The number of thioether (sulfide) groups is 1. The Morgan fingerprint density at radius 1 is 1.24 bits per heavy atom. The minimum Gasteiger partial charge on any atom is -0.343 e. The van der Waals surface area contributed by atoms with Crippen LogP contribution in [0.5, 0.6) is 0 Å². The molecule has 0 radical (unpaired) electrons. The third kappa shape index (κ3) is 3.29. The van der Waals surface area contributed by atoms with Crippen LogP contribution in [0.15, 0.2) is 5.16 Å². The Kier molecular flexibility index (Phi) is 4.28. The number of fused-ring (bicyclic) bond motifs is 3. The zero-order chi connectivity index (χ0) is 17.8. The highest BCUT2D eigenvalue weighted by molar-refractivity contribution is 7.99. The van der Waals surface area contributed by atoms with Gasteiger partial charge in [-0.15, -0.1) is 0 Å². The molecule has 5 nitrogen and oxygen atoms in total. The number of Topliss-reactive ketones (excluding diaryl/α,β-unsaturated/α-hetero) is 1. The van der Waals surface area contributed by atoms with Gasteiger partial charge in [0.2, 0.25) is 6.29 Å². The molecule has 4 rings (SSSR count). The topological polar surface area (TPSA) is 61.3 Å². The van der Waals surface area contributed by atoms with Crippen LogP contribution < -0.4 is 0 Å². The highest BCUT2D eigenvalue weighted by atomic mass is 32.2. The summed E-state index contributed by atoms with van der Waals surface area (Å²) in [6.07, 6.45) is -3.78. The van der Waals surface area contributed by atoms with Gasteiger partial charge in [-0.3, -0.25) is 4.79 Å². The van der Waals surface area contributed by atoms with Gasteiger partial charge in [-0.25, -0.2) is 9.97 Å². The van der Waals surface area contributed by atoms with Crippen molar-refractivity contribution in [2.45, 2.75) is 61.6 Å². The van der Waals surface area contributed by atoms with Crippen LogP contribution in [0, 0.1) is 5.92 Å². The maximum Gasteiger partial charge on any atom is 0.433 e. The number of carbonyl (C=O) groups excluding carboxylic acids is 1. The number of hydrogen-bond acceptors (Lipinski definition) is 6. The fourth-order valence-corrected chi connectivity index (χ4v) is 4.63. The molecule has 1 aromatic heterocycles. The van der Waals surface area contributed by atoms with Crippen LogP contribution in [0.3, 0.4) is 0 Å². The van der Waals surface area contributed by atoms with Crippen LogP contribution in [0.4, 0.5) is 13.2 Å². The number of rotatable bonds is 2. The van der Waals surface area contributed by atoms with E-state index >= 15 is 0 Å². The van der Waals surface area contributed by atoms with Crippen molar-refractivity contribution in [3.8, 4) is 0 Å². The number of aromatic nitrogens is 2. The van der Waals surface area contributed by atoms with Crippen molar-refractivity contribution in [3.63, 3.8) is 0 Å². The number of ether oxygens (including phenoxy) is 2. The summed E-state index contributed by atoms with van der Waals surface area (Å²) in [6, 6.07) is 0. The second-order valence-corrected chi connectivity index (χ2v) is 8.00. The number of alkyl halides is 3. The molecule has 136 valence electrons. The molecule has 3 aliphatic rings. The lowest BCUT2D eigenvalue weighted by molar-refractivity contribution is -0.151. The number of carbonyl (C=O) groups is 1. The maximum atomic E-state index is 13.5. The summed E-state index contributed by atoms with van der Waals surface area (Å²) in [5.74, 6) is 0.00159. The smallest absolute Gasteiger partial charge is 0.343 e. The minimum absolute atomic E-state index is 0.0624. The molecule has 0 saturated carbocycles. The van der Waals surface area contributed by atoms with E-state index in [9.17, 15) is 18.0 Å². The second kappa shape index (κ2) is 6.21. The summed E-state index contributed by atoms with van der Waals surface area (Å²) in [6.45, 7) is 2.20. The van der Waals surface area contributed by atoms with Crippen LogP contribution in [-0.2, 0) is 33.3 Å². The van der Waals surface area contributed by atoms with Crippen LogP contribution in [-0.4, -0.2) is 40.0 Å². The number of nitrogens with zero attached hydrogens (tertiary/aromatic N) is 2. The van der Waals surface area contributed by atoms with Crippen molar-refractivity contribution in [1.82, 2.24) is 9.97 Å². The number of ketones is 1. The molecule has 0 aromatic carbocycles. The third-order valence-corrected chi connectivity index (χ3v) is 5.98. The lowest BCUT2D eigenvalue weighted by Crippen LogP contribution is -2.37. The average molecular weight is 374 g/mol. The maximum absolute atomic E-state index is 13.5. The third-order valence-electron chi connectivity index (χ3n) is 4.81. The molecule has 9 heteroatoms. The average Bonchev–Trinajstić information content (AvgIpc) is 2.97. The molecule has 2 aliphatic heterocycles. The summed E-state index contributed by atoms with van der Waals surface area (Å²) in [7, 11) is 0. The van der Waals surface area contributed by atoms with Gasteiger partial charge in [-0.05, 0) is 25.2 Å². The molecule has 0 amide bonds. The monoisotopic (exact) mass is 374 g/mol. The van der Waals surface area contributed by atoms with E-state index in [2.05, 4.69) is 9.97 Å². The Balaban J connectivity index is 1.65. The quantitative estimate of drug-likeness (QED) is 0.742. The van der Waals surface area contributed by atoms with Crippen molar-refractivity contribution >= 4 is 17.5 Å². The molecular formula is C16H17F3N2O3S. The predicted octanol–water partition coefficient (Wildman–Crippen LogP) is 2.80. The van der Waals surface area contributed by atoms with E-state index in [-0.39, 0.29) is 46.8 Å². The molecule has 1 aliphatic carbocycles. The Bertz CT molecular complexity index is 713. The van der Waals surface area contributed by atoms with Gasteiger partial charge in [0, 0.05) is 22.9 Å². The summed E-state index contributed by atoms with van der Waals surface area (Å²) < 4.78 is 51.1. The normalized spacial score (nSPS) is 31.9. The highest BCUT2D eigenvalue weighted by Crippen LogP contribution is 2.40. The lowest BCUT2D eigenvalue weighted by Gasteiger charge is -2.27. The standard InChI is InChI=1S/C16H17F3N2O3S/c1-7-2-3-9-8(4-7)13(16(17,18)19)21-15(20-9)25-12-5-10(22)14-23-6-11(12)24-14/h7,11-12,14H,2-6H2,1H3/t7-,11+,12+,14+/m1/s1. The summed E-state index contributed by atoms with van der Waals surface area (Å²) >= 11 is 1.08. The first-order valence-corrected chi connectivity index (χ1v) is 9.12. The SMILES string of the molecule is C[C@@H]1CCc2nc(S[C@H]3CC(=O)[C@H]4OC[C@@H]3O4)nc(C(F)(F)F)c2C1. The van der Waals surface area contributed by atoms with Gasteiger partial charge in [0.25, 0.3) is 0 Å². The van der Waals surface area contributed by atoms with Crippen LogP contribution in [0.2, 0.25) is 0 Å². The van der Waals surface area contributed by atoms with Crippen molar-refractivity contribution in [1.29, 1.82) is 0 Å². The van der Waals surface area contributed by atoms with Crippen LogP contribution >= 0.6 is 11.8 Å². The van der Waals surface area contributed by atoms with E-state index < -0.39 is 18.2 Å². The zero-order valence-corrected chi connectivity index (χ0v) is 14.3.